The number of methoxy groups -OCH3 is 1. The number of hydrogen-bond donors (Lipinski definition) is 2. The fourth-order valence-electron chi connectivity index (χ4n) is 3.67. The lowest BCUT2D eigenvalue weighted by Crippen LogP contribution is -2.10. The monoisotopic (exact) mass is 415 g/mol. The zero-order valence-corrected chi connectivity index (χ0v) is 17.4. The number of hydrogen-bond acceptors (Lipinski definition) is 6. The molecule has 0 spiro atoms. The summed E-state index contributed by atoms with van der Waals surface area (Å²) < 4.78 is 10.3. The predicted octanol–water partition coefficient (Wildman–Crippen LogP) is 3.87. The van der Waals surface area contributed by atoms with Gasteiger partial charge in [-0.2, -0.15) is 0 Å². The number of H-pyrrole nitrogens is 2. The number of ether oxygens (including phenoxy) is 2. The Morgan fingerprint density at radius 1 is 1.03 bits per heavy atom. The van der Waals surface area contributed by atoms with E-state index < -0.39 is 0 Å². The lowest BCUT2D eigenvalue weighted by Gasteiger charge is -2.07. The average Bonchev–Trinajstić information content (AvgIpc) is 3.38. The van der Waals surface area contributed by atoms with E-state index in [0.717, 1.165) is 21.8 Å². The lowest BCUT2D eigenvalue weighted by molar-refractivity contribution is 0.0511. The Morgan fingerprint density at radius 2 is 1.81 bits per heavy atom. The van der Waals surface area contributed by atoms with E-state index >= 15 is 0 Å². The Bertz CT molecular complexity index is 1420. The van der Waals surface area contributed by atoms with Gasteiger partial charge in [-0.05, 0) is 30.3 Å². The number of nitrogens with one attached hydrogen (secondary N) is 2. The van der Waals surface area contributed by atoms with E-state index in [1.54, 1.807) is 31.4 Å². The predicted molar refractivity (Wildman–Crippen MR) is 120 cm³/mol. The minimum atomic E-state index is -0.196. The molecule has 0 aliphatic rings. The Kier molecular flexibility index (Phi) is 4.56. The number of carbonyl (C=O) groups is 1. The molecule has 8 heteroatoms. The molecule has 0 amide bonds. The number of aromatic nitrogens is 4. The minimum Gasteiger partial charge on any atom is -0.468 e. The number of para-hydroxylation sites is 1. The number of fused-ring (bicyclic) bond motifs is 5. The molecular weight excluding hydrogens is 394 g/mol. The van der Waals surface area contributed by atoms with Crippen LogP contribution in [-0.4, -0.2) is 53.7 Å². The number of imidazole rings is 1. The van der Waals surface area contributed by atoms with Crippen molar-refractivity contribution in [2.24, 2.45) is 0 Å². The van der Waals surface area contributed by atoms with E-state index in [1.165, 1.54) is 0 Å². The second-order valence-corrected chi connectivity index (χ2v) is 7.44. The number of rotatable bonds is 6. The molecular formula is C23H21N5O3. The minimum absolute atomic E-state index is 0.147. The normalized spacial score (nSPS) is 11.5. The molecule has 0 aliphatic heterocycles. The maximum Gasteiger partial charge on any atom is 0.213 e. The van der Waals surface area contributed by atoms with Crippen LogP contribution in [0.25, 0.3) is 33.0 Å². The van der Waals surface area contributed by atoms with Gasteiger partial charge in [0.05, 0.1) is 10.9 Å². The maximum atomic E-state index is 13.4. The largest absolute Gasteiger partial charge is 0.468 e. The molecule has 0 bridgehead atoms. The van der Waals surface area contributed by atoms with Crippen LogP contribution in [0.5, 0.6) is 5.75 Å². The number of carbonyl (C=O) groups excluding carboxylic acids is 1. The van der Waals surface area contributed by atoms with Crippen LogP contribution in [0.3, 0.4) is 0 Å². The van der Waals surface area contributed by atoms with Gasteiger partial charge in [0.2, 0.25) is 11.7 Å². The van der Waals surface area contributed by atoms with Crippen LogP contribution in [0, 0.1) is 0 Å². The van der Waals surface area contributed by atoms with Crippen molar-refractivity contribution >= 4 is 44.7 Å². The molecule has 0 atom stereocenters. The number of nitrogens with zero attached hydrogens (tertiary/aromatic N) is 3. The SMILES string of the molecule is COCOc1ccc(C(=O)c2nc3[nH]c4ccccc4c3c3nc(N(C)C)[nH]c23)cc1. The third-order valence-corrected chi connectivity index (χ3v) is 5.17. The Hall–Kier alpha value is -3.91. The number of pyridine rings is 1. The summed E-state index contributed by atoms with van der Waals surface area (Å²) in [5, 5.41) is 1.92. The number of anilines is 1. The molecule has 0 radical (unpaired) electrons. The molecule has 0 saturated carbocycles. The van der Waals surface area contributed by atoms with Crippen LogP contribution >= 0.6 is 0 Å². The van der Waals surface area contributed by atoms with E-state index in [0.29, 0.717) is 34.1 Å². The Morgan fingerprint density at radius 3 is 2.55 bits per heavy atom. The van der Waals surface area contributed by atoms with E-state index in [-0.39, 0.29) is 12.6 Å². The van der Waals surface area contributed by atoms with Crippen LogP contribution in [0.2, 0.25) is 0 Å². The van der Waals surface area contributed by atoms with Crippen molar-refractivity contribution in [2.75, 3.05) is 32.9 Å². The van der Waals surface area contributed by atoms with E-state index in [2.05, 4.69) is 9.97 Å². The molecule has 3 heterocycles. The summed E-state index contributed by atoms with van der Waals surface area (Å²) in [6, 6.07) is 14.9. The average molecular weight is 415 g/mol. The fraction of sp³-hybridized carbons (Fsp3) is 0.174. The van der Waals surface area contributed by atoms with Gasteiger partial charge in [-0.25, -0.2) is 9.97 Å². The van der Waals surface area contributed by atoms with E-state index in [1.807, 2.05) is 43.3 Å². The Labute approximate surface area is 177 Å². The first-order chi connectivity index (χ1) is 15.1. The van der Waals surface area contributed by atoms with Gasteiger partial charge < -0.3 is 24.3 Å². The summed E-state index contributed by atoms with van der Waals surface area (Å²) in [5.41, 5.74) is 3.74. The van der Waals surface area contributed by atoms with Crippen molar-refractivity contribution in [3.05, 3.63) is 59.8 Å². The van der Waals surface area contributed by atoms with Crippen molar-refractivity contribution in [3.8, 4) is 5.75 Å². The van der Waals surface area contributed by atoms with Gasteiger partial charge in [0.25, 0.3) is 0 Å². The van der Waals surface area contributed by atoms with Gasteiger partial charge in [-0.1, -0.05) is 18.2 Å². The smallest absolute Gasteiger partial charge is 0.213 e. The molecule has 31 heavy (non-hydrogen) atoms. The maximum absolute atomic E-state index is 13.4. The first-order valence-electron chi connectivity index (χ1n) is 9.81. The highest BCUT2D eigenvalue weighted by Gasteiger charge is 2.22. The van der Waals surface area contributed by atoms with Gasteiger partial charge in [-0.15, -0.1) is 0 Å². The van der Waals surface area contributed by atoms with Gasteiger partial charge in [0.15, 0.2) is 6.79 Å². The summed E-state index contributed by atoms with van der Waals surface area (Å²) in [5.74, 6) is 1.09. The third-order valence-electron chi connectivity index (χ3n) is 5.17. The van der Waals surface area contributed by atoms with Crippen LogP contribution in [-0.2, 0) is 4.74 Å². The molecule has 3 aromatic heterocycles. The molecule has 0 aliphatic carbocycles. The summed E-state index contributed by atoms with van der Waals surface area (Å²) >= 11 is 0. The summed E-state index contributed by atoms with van der Waals surface area (Å²) in [6.45, 7) is 0.147. The molecule has 0 unspecified atom stereocenters. The molecule has 2 aromatic carbocycles. The van der Waals surface area contributed by atoms with Gasteiger partial charge >= 0.3 is 0 Å². The fourth-order valence-corrected chi connectivity index (χ4v) is 3.67. The van der Waals surface area contributed by atoms with Crippen molar-refractivity contribution in [2.45, 2.75) is 0 Å². The van der Waals surface area contributed by atoms with Gasteiger partial charge in [-0.3, -0.25) is 4.79 Å². The second-order valence-electron chi connectivity index (χ2n) is 7.44. The summed E-state index contributed by atoms with van der Waals surface area (Å²) in [6.07, 6.45) is 0. The number of aromatic amines is 2. The molecule has 0 fully saturated rings. The summed E-state index contributed by atoms with van der Waals surface area (Å²) in [7, 11) is 5.36. The van der Waals surface area contributed by atoms with E-state index in [9.17, 15) is 4.79 Å². The van der Waals surface area contributed by atoms with Crippen molar-refractivity contribution < 1.29 is 14.3 Å². The topological polar surface area (TPSA) is 96.1 Å². The van der Waals surface area contributed by atoms with Crippen LogP contribution in [0.4, 0.5) is 5.95 Å². The van der Waals surface area contributed by atoms with Gasteiger partial charge in [0.1, 0.15) is 22.6 Å². The lowest BCUT2D eigenvalue weighted by atomic mass is 10.1. The highest BCUT2D eigenvalue weighted by atomic mass is 16.7. The molecule has 156 valence electrons. The van der Waals surface area contributed by atoms with Crippen molar-refractivity contribution in [1.29, 1.82) is 0 Å². The van der Waals surface area contributed by atoms with Crippen molar-refractivity contribution in [1.82, 2.24) is 19.9 Å². The second kappa shape index (κ2) is 7.41. The van der Waals surface area contributed by atoms with Crippen LogP contribution < -0.4 is 9.64 Å². The summed E-state index contributed by atoms with van der Waals surface area (Å²) in [4.78, 5) is 31.4. The molecule has 2 N–H and O–H groups in total. The number of benzene rings is 2. The zero-order valence-electron chi connectivity index (χ0n) is 17.4. The first kappa shape index (κ1) is 19.1. The molecule has 5 aromatic rings. The first-order valence-corrected chi connectivity index (χ1v) is 9.81. The zero-order chi connectivity index (χ0) is 21.5. The third kappa shape index (κ3) is 3.17. The highest BCUT2D eigenvalue weighted by molar-refractivity contribution is 6.23. The van der Waals surface area contributed by atoms with Crippen LogP contribution in [0.1, 0.15) is 16.1 Å². The highest BCUT2D eigenvalue weighted by Crippen LogP contribution is 2.33. The standard InChI is InChI=1S/C23H21N5O3/c1-28(2)23-26-18-17-15-6-4-5-7-16(15)24-22(17)25-20(19(18)27-23)21(29)13-8-10-14(11-9-13)31-12-30-3/h4-11H,12H2,1-3H3,(H,24,25)(H,26,27). The molecule has 0 saturated heterocycles. The Balaban J connectivity index is 1.70. The van der Waals surface area contributed by atoms with Crippen molar-refractivity contribution in [3.63, 3.8) is 0 Å². The van der Waals surface area contributed by atoms with Gasteiger partial charge in [0, 0.05) is 37.7 Å². The molecule has 8 nitrogen and oxygen atoms in total. The number of ketones is 1. The van der Waals surface area contributed by atoms with E-state index in [4.69, 9.17) is 19.4 Å². The van der Waals surface area contributed by atoms with Crippen LogP contribution in [0.15, 0.2) is 48.5 Å². The quantitative estimate of drug-likeness (QED) is 0.323. The molecule has 5 rings (SSSR count).